The third-order valence-electron chi connectivity index (χ3n) is 3.17. The third kappa shape index (κ3) is 3.56. The van der Waals surface area contributed by atoms with Crippen LogP contribution in [0.3, 0.4) is 0 Å². The second-order valence-corrected chi connectivity index (χ2v) is 9.30. The molecule has 0 aromatic heterocycles. The molecule has 0 saturated carbocycles. The summed E-state index contributed by atoms with van der Waals surface area (Å²) in [7, 11) is -4.98. The molecule has 1 atom stereocenters. The van der Waals surface area contributed by atoms with Gasteiger partial charge in [-0.2, -0.15) is 0 Å². The van der Waals surface area contributed by atoms with Crippen LogP contribution >= 0.6 is 11.6 Å². The number of sulfone groups is 1. The van der Waals surface area contributed by atoms with Crippen molar-refractivity contribution in [1.82, 2.24) is 4.31 Å². The molecular formula is C9H18ClNO4S2. The van der Waals surface area contributed by atoms with Crippen LogP contribution in [-0.4, -0.2) is 56.9 Å². The van der Waals surface area contributed by atoms with Gasteiger partial charge in [-0.05, 0) is 19.8 Å². The van der Waals surface area contributed by atoms with Crippen LogP contribution in [0.2, 0.25) is 0 Å². The molecule has 1 unspecified atom stereocenters. The van der Waals surface area contributed by atoms with Gasteiger partial charge in [0.1, 0.15) is 9.84 Å². The van der Waals surface area contributed by atoms with Gasteiger partial charge in [0.05, 0.1) is 16.8 Å². The van der Waals surface area contributed by atoms with Gasteiger partial charge in [0.25, 0.3) is 0 Å². The van der Waals surface area contributed by atoms with Crippen molar-refractivity contribution in [2.75, 3.05) is 24.4 Å². The molecule has 1 rings (SSSR count). The standard InChI is InChI=1S/C9H18ClNO4S2/c1-8(7-10)11(2)17(14,15)9-3-5-16(12,13)6-4-9/h8-9H,3-7H2,1-2H3. The summed E-state index contributed by atoms with van der Waals surface area (Å²) in [5.74, 6) is 0.140. The van der Waals surface area contributed by atoms with Gasteiger partial charge in [0.2, 0.25) is 10.0 Å². The molecule has 0 aromatic carbocycles. The zero-order valence-electron chi connectivity index (χ0n) is 9.96. The van der Waals surface area contributed by atoms with E-state index in [1.54, 1.807) is 6.92 Å². The van der Waals surface area contributed by atoms with Crippen LogP contribution in [0.5, 0.6) is 0 Å². The van der Waals surface area contributed by atoms with E-state index in [1.807, 2.05) is 0 Å². The molecule has 17 heavy (non-hydrogen) atoms. The van der Waals surface area contributed by atoms with E-state index in [2.05, 4.69) is 0 Å². The Morgan fingerprint density at radius 3 is 2.24 bits per heavy atom. The molecule has 1 heterocycles. The summed E-state index contributed by atoms with van der Waals surface area (Å²) in [4.78, 5) is 0. The number of hydrogen-bond acceptors (Lipinski definition) is 4. The van der Waals surface area contributed by atoms with Crippen molar-refractivity contribution in [3.63, 3.8) is 0 Å². The van der Waals surface area contributed by atoms with E-state index < -0.39 is 25.1 Å². The molecule has 0 aromatic rings. The van der Waals surface area contributed by atoms with Crippen LogP contribution in [0, 0.1) is 0 Å². The van der Waals surface area contributed by atoms with Crippen molar-refractivity contribution in [2.45, 2.75) is 31.1 Å². The van der Waals surface area contributed by atoms with Crippen molar-refractivity contribution < 1.29 is 16.8 Å². The maximum absolute atomic E-state index is 12.2. The summed E-state index contributed by atoms with van der Waals surface area (Å²) >= 11 is 5.64. The number of sulfonamides is 1. The van der Waals surface area contributed by atoms with Gasteiger partial charge >= 0.3 is 0 Å². The summed E-state index contributed by atoms with van der Waals surface area (Å²) in [6, 6.07) is -0.278. The van der Waals surface area contributed by atoms with Gasteiger partial charge in [-0.15, -0.1) is 11.6 Å². The zero-order chi connectivity index (χ0) is 13.3. The molecule has 1 aliphatic rings. The predicted octanol–water partition coefficient (Wildman–Crippen LogP) is 0.453. The van der Waals surface area contributed by atoms with Gasteiger partial charge < -0.3 is 0 Å². The molecule has 8 heteroatoms. The predicted molar refractivity (Wildman–Crippen MR) is 68.5 cm³/mol. The Labute approximate surface area is 108 Å². The van der Waals surface area contributed by atoms with E-state index in [4.69, 9.17) is 11.6 Å². The fourth-order valence-corrected chi connectivity index (χ4v) is 5.71. The van der Waals surface area contributed by atoms with Gasteiger partial charge in [0.15, 0.2) is 0 Å². The average molecular weight is 304 g/mol. The van der Waals surface area contributed by atoms with Crippen molar-refractivity contribution in [3.05, 3.63) is 0 Å². The quantitative estimate of drug-likeness (QED) is 0.707. The van der Waals surface area contributed by atoms with Crippen LogP contribution in [0.4, 0.5) is 0 Å². The number of rotatable bonds is 4. The highest BCUT2D eigenvalue weighted by Crippen LogP contribution is 2.23. The van der Waals surface area contributed by atoms with Gasteiger partial charge in [-0.25, -0.2) is 21.1 Å². The molecule has 0 spiro atoms. The van der Waals surface area contributed by atoms with Gasteiger partial charge in [-0.1, -0.05) is 0 Å². The minimum absolute atomic E-state index is 0.0417. The second kappa shape index (κ2) is 5.42. The first-order valence-corrected chi connectivity index (χ1v) is 9.30. The normalized spacial score (nSPS) is 23.8. The number of alkyl halides is 1. The van der Waals surface area contributed by atoms with E-state index in [9.17, 15) is 16.8 Å². The number of halogens is 1. The van der Waals surface area contributed by atoms with Crippen molar-refractivity contribution in [3.8, 4) is 0 Å². The monoisotopic (exact) mass is 303 g/mol. The molecule has 5 nitrogen and oxygen atoms in total. The highest BCUT2D eigenvalue weighted by Gasteiger charge is 2.36. The molecule has 0 amide bonds. The second-order valence-electron chi connectivity index (χ2n) is 4.42. The first kappa shape index (κ1) is 15.2. The van der Waals surface area contributed by atoms with E-state index in [1.165, 1.54) is 11.4 Å². The van der Waals surface area contributed by atoms with Gasteiger partial charge in [-0.3, -0.25) is 0 Å². The smallest absolute Gasteiger partial charge is 0.217 e. The largest absolute Gasteiger partial charge is 0.229 e. The zero-order valence-corrected chi connectivity index (χ0v) is 12.4. The molecule has 0 aliphatic carbocycles. The number of hydrogen-bond donors (Lipinski definition) is 0. The Balaban J connectivity index is 2.80. The Kier molecular flexibility index (Phi) is 4.85. The topological polar surface area (TPSA) is 71.5 Å². The van der Waals surface area contributed by atoms with Crippen LogP contribution in [0.15, 0.2) is 0 Å². The fraction of sp³-hybridized carbons (Fsp3) is 1.00. The highest BCUT2D eigenvalue weighted by molar-refractivity contribution is 7.92. The van der Waals surface area contributed by atoms with E-state index >= 15 is 0 Å². The molecule has 0 N–H and O–H groups in total. The van der Waals surface area contributed by atoms with Crippen LogP contribution in [0.25, 0.3) is 0 Å². The molecule has 1 fully saturated rings. The lowest BCUT2D eigenvalue weighted by atomic mass is 10.2. The van der Waals surface area contributed by atoms with Crippen molar-refractivity contribution in [2.24, 2.45) is 0 Å². The number of nitrogens with zero attached hydrogens (tertiary/aromatic N) is 1. The molecule has 0 radical (unpaired) electrons. The maximum atomic E-state index is 12.2. The van der Waals surface area contributed by atoms with E-state index in [-0.39, 0.29) is 36.3 Å². The summed E-state index contributed by atoms with van der Waals surface area (Å²) in [6.07, 6.45) is 0.369. The van der Waals surface area contributed by atoms with Crippen LogP contribution in [0.1, 0.15) is 19.8 Å². The minimum atomic E-state index is -3.44. The van der Waals surface area contributed by atoms with Crippen molar-refractivity contribution in [1.29, 1.82) is 0 Å². The summed E-state index contributed by atoms with van der Waals surface area (Å²) in [6.45, 7) is 1.73. The molecule has 102 valence electrons. The average Bonchev–Trinajstić information content (AvgIpc) is 2.26. The van der Waals surface area contributed by atoms with Crippen LogP contribution < -0.4 is 0 Å². The minimum Gasteiger partial charge on any atom is -0.229 e. The molecule has 0 bridgehead atoms. The molecule has 1 saturated heterocycles. The fourth-order valence-electron chi connectivity index (χ4n) is 1.75. The Morgan fingerprint density at radius 1 is 1.35 bits per heavy atom. The SMILES string of the molecule is CC(CCl)N(C)S(=O)(=O)C1CCS(=O)(=O)CC1. The molecular weight excluding hydrogens is 286 g/mol. The highest BCUT2D eigenvalue weighted by atomic mass is 35.5. The van der Waals surface area contributed by atoms with Crippen LogP contribution in [-0.2, 0) is 19.9 Å². The van der Waals surface area contributed by atoms with Crippen molar-refractivity contribution >= 4 is 31.5 Å². The lowest BCUT2D eigenvalue weighted by Crippen LogP contribution is -2.44. The van der Waals surface area contributed by atoms with Gasteiger partial charge in [0, 0.05) is 19.0 Å². The maximum Gasteiger partial charge on any atom is 0.217 e. The molecule has 1 aliphatic heterocycles. The first-order chi connectivity index (χ1) is 7.70. The first-order valence-electron chi connectivity index (χ1n) is 5.44. The Morgan fingerprint density at radius 2 is 1.82 bits per heavy atom. The lowest BCUT2D eigenvalue weighted by molar-refractivity contribution is 0.402. The Hall–Kier alpha value is 0.150. The van der Waals surface area contributed by atoms with E-state index in [0.29, 0.717) is 0 Å². The lowest BCUT2D eigenvalue weighted by Gasteiger charge is -2.29. The Bertz CT molecular complexity index is 445. The third-order valence-corrected chi connectivity index (χ3v) is 7.81. The summed E-state index contributed by atoms with van der Waals surface area (Å²) in [5, 5.41) is -0.596. The summed E-state index contributed by atoms with van der Waals surface area (Å²) < 4.78 is 48.1. The summed E-state index contributed by atoms with van der Waals surface area (Å²) in [5.41, 5.74) is 0. The van der Waals surface area contributed by atoms with E-state index in [0.717, 1.165) is 0 Å².